The lowest BCUT2D eigenvalue weighted by molar-refractivity contribution is -0.236. The molecular formula is C10H14F4O. The van der Waals surface area contributed by atoms with Gasteiger partial charge >= 0.3 is 11.8 Å². The molecule has 0 saturated heterocycles. The number of halogens is 4. The van der Waals surface area contributed by atoms with E-state index < -0.39 is 29.8 Å². The van der Waals surface area contributed by atoms with Gasteiger partial charge in [0, 0.05) is 12.8 Å². The van der Waals surface area contributed by atoms with Gasteiger partial charge in [0.25, 0.3) is 0 Å². The van der Waals surface area contributed by atoms with Crippen LogP contribution in [0.5, 0.6) is 0 Å². The van der Waals surface area contributed by atoms with Crippen molar-refractivity contribution in [3.63, 3.8) is 0 Å². The molecule has 2 saturated carbocycles. The third-order valence-electron chi connectivity index (χ3n) is 3.87. The third-order valence-corrected chi connectivity index (χ3v) is 3.87. The van der Waals surface area contributed by atoms with E-state index in [4.69, 9.17) is 0 Å². The van der Waals surface area contributed by atoms with E-state index in [1.54, 1.807) is 0 Å². The molecule has 2 aliphatic rings. The van der Waals surface area contributed by atoms with Crippen LogP contribution in [-0.4, -0.2) is 23.1 Å². The highest BCUT2D eigenvalue weighted by Crippen LogP contribution is 2.57. The zero-order chi connectivity index (χ0) is 11.4. The van der Waals surface area contributed by atoms with Crippen molar-refractivity contribution in [2.24, 2.45) is 17.8 Å². The van der Waals surface area contributed by atoms with Crippen molar-refractivity contribution in [1.29, 1.82) is 0 Å². The Balaban J connectivity index is 2.15. The number of fused-ring (bicyclic) bond motifs is 2. The van der Waals surface area contributed by atoms with Crippen LogP contribution in [0.15, 0.2) is 0 Å². The van der Waals surface area contributed by atoms with E-state index in [-0.39, 0.29) is 25.7 Å². The van der Waals surface area contributed by atoms with E-state index in [2.05, 4.69) is 0 Å². The molecule has 2 bridgehead atoms. The Labute approximate surface area is 85.5 Å². The molecule has 0 heterocycles. The van der Waals surface area contributed by atoms with Crippen LogP contribution in [0.4, 0.5) is 17.6 Å². The summed E-state index contributed by atoms with van der Waals surface area (Å²) in [6.45, 7) is 0.273. The smallest absolute Gasteiger partial charge is 0.312 e. The standard InChI is InChI=1S/C10H14F4O/c1-9(11,12)10(13,14)7-3-6-2-5(7)4-8(6)15/h5-8,15H,2-4H2,1H3. The van der Waals surface area contributed by atoms with Crippen LogP contribution in [0.1, 0.15) is 26.2 Å². The number of aliphatic hydroxyl groups is 1. The summed E-state index contributed by atoms with van der Waals surface area (Å²) in [5, 5.41) is 9.37. The predicted octanol–water partition coefficient (Wildman–Crippen LogP) is 2.68. The van der Waals surface area contributed by atoms with E-state index in [9.17, 15) is 22.7 Å². The maximum atomic E-state index is 13.4. The van der Waals surface area contributed by atoms with Gasteiger partial charge in [-0.2, -0.15) is 8.78 Å². The molecule has 88 valence electrons. The Morgan fingerprint density at radius 2 is 1.60 bits per heavy atom. The molecule has 2 fully saturated rings. The Morgan fingerprint density at radius 3 is 1.93 bits per heavy atom. The first-order valence-corrected chi connectivity index (χ1v) is 5.17. The number of rotatable bonds is 2. The molecule has 2 aliphatic carbocycles. The second-order valence-corrected chi connectivity index (χ2v) is 4.91. The second kappa shape index (κ2) is 3.09. The zero-order valence-corrected chi connectivity index (χ0v) is 8.39. The molecule has 0 aliphatic heterocycles. The lowest BCUT2D eigenvalue weighted by Crippen LogP contribution is -2.47. The van der Waals surface area contributed by atoms with Crippen LogP contribution in [0.2, 0.25) is 0 Å². The third kappa shape index (κ3) is 1.55. The van der Waals surface area contributed by atoms with Crippen molar-refractivity contribution in [3.05, 3.63) is 0 Å². The lowest BCUT2D eigenvalue weighted by Gasteiger charge is -2.34. The van der Waals surface area contributed by atoms with Crippen molar-refractivity contribution < 1.29 is 22.7 Å². The van der Waals surface area contributed by atoms with Crippen molar-refractivity contribution in [3.8, 4) is 0 Å². The SMILES string of the molecule is CC(F)(F)C(F)(F)C1CC2CC1CC2O. The Kier molecular flexibility index (Phi) is 2.30. The summed E-state index contributed by atoms with van der Waals surface area (Å²) in [6.07, 6.45) is 0.188. The van der Waals surface area contributed by atoms with Crippen LogP contribution >= 0.6 is 0 Å². The lowest BCUT2D eigenvalue weighted by atomic mass is 9.81. The highest BCUT2D eigenvalue weighted by molar-refractivity contribution is 5.02. The fourth-order valence-electron chi connectivity index (χ4n) is 3.01. The summed E-state index contributed by atoms with van der Waals surface area (Å²) < 4.78 is 52.3. The van der Waals surface area contributed by atoms with Gasteiger partial charge in [-0.3, -0.25) is 0 Å². The van der Waals surface area contributed by atoms with Crippen molar-refractivity contribution in [1.82, 2.24) is 0 Å². The molecule has 15 heavy (non-hydrogen) atoms. The minimum atomic E-state index is -3.97. The molecule has 0 radical (unpaired) electrons. The minimum absolute atomic E-state index is 0.0300. The molecule has 1 N–H and O–H groups in total. The van der Waals surface area contributed by atoms with E-state index >= 15 is 0 Å². The van der Waals surface area contributed by atoms with E-state index in [0.29, 0.717) is 6.42 Å². The molecule has 2 rings (SSSR count). The van der Waals surface area contributed by atoms with Gasteiger partial charge in [-0.05, 0) is 31.1 Å². The van der Waals surface area contributed by atoms with Gasteiger partial charge in [-0.15, -0.1) is 0 Å². The van der Waals surface area contributed by atoms with Crippen LogP contribution in [0.3, 0.4) is 0 Å². The normalized spacial score (nSPS) is 41.2. The minimum Gasteiger partial charge on any atom is -0.393 e. The predicted molar refractivity (Wildman–Crippen MR) is 45.9 cm³/mol. The molecule has 0 aromatic rings. The molecule has 4 atom stereocenters. The number of aliphatic hydroxyl groups excluding tert-OH is 1. The van der Waals surface area contributed by atoms with Crippen molar-refractivity contribution in [2.45, 2.75) is 44.1 Å². The van der Waals surface area contributed by atoms with Gasteiger partial charge in [-0.25, -0.2) is 8.78 Å². The van der Waals surface area contributed by atoms with E-state index in [1.165, 1.54) is 0 Å². The van der Waals surface area contributed by atoms with E-state index in [0.717, 1.165) is 0 Å². The van der Waals surface area contributed by atoms with Gasteiger partial charge in [0.1, 0.15) is 0 Å². The summed E-state index contributed by atoms with van der Waals surface area (Å²) in [4.78, 5) is 0. The molecule has 0 aromatic carbocycles. The highest BCUT2D eigenvalue weighted by Gasteiger charge is 2.63. The maximum Gasteiger partial charge on any atom is 0.312 e. The van der Waals surface area contributed by atoms with E-state index in [1.807, 2.05) is 0 Å². The average Bonchev–Trinajstić information content (AvgIpc) is 2.59. The highest BCUT2D eigenvalue weighted by atomic mass is 19.3. The number of hydrogen-bond donors (Lipinski definition) is 1. The molecule has 1 nitrogen and oxygen atoms in total. The summed E-state index contributed by atoms with van der Waals surface area (Å²) in [6, 6.07) is 0. The maximum absolute atomic E-state index is 13.4. The summed E-state index contributed by atoms with van der Waals surface area (Å²) in [7, 11) is 0. The second-order valence-electron chi connectivity index (χ2n) is 4.91. The summed E-state index contributed by atoms with van der Waals surface area (Å²) in [5.74, 6) is -9.80. The van der Waals surface area contributed by atoms with Crippen molar-refractivity contribution >= 4 is 0 Å². The summed E-state index contributed by atoms with van der Waals surface area (Å²) >= 11 is 0. The number of alkyl halides is 4. The molecule has 5 heteroatoms. The van der Waals surface area contributed by atoms with Gasteiger partial charge in [-0.1, -0.05) is 0 Å². The fourth-order valence-corrected chi connectivity index (χ4v) is 3.01. The van der Waals surface area contributed by atoms with Crippen LogP contribution < -0.4 is 0 Å². The largest absolute Gasteiger partial charge is 0.393 e. The fraction of sp³-hybridized carbons (Fsp3) is 1.00. The Bertz CT molecular complexity index is 259. The van der Waals surface area contributed by atoms with Gasteiger partial charge in [0.05, 0.1) is 6.10 Å². The van der Waals surface area contributed by atoms with Crippen LogP contribution in [-0.2, 0) is 0 Å². The molecular weight excluding hydrogens is 212 g/mol. The van der Waals surface area contributed by atoms with Gasteiger partial charge < -0.3 is 5.11 Å². The first kappa shape index (κ1) is 11.2. The average molecular weight is 226 g/mol. The quantitative estimate of drug-likeness (QED) is 0.718. The van der Waals surface area contributed by atoms with Gasteiger partial charge in [0.15, 0.2) is 0 Å². The monoisotopic (exact) mass is 226 g/mol. The topological polar surface area (TPSA) is 20.2 Å². The first-order chi connectivity index (χ1) is 6.73. The molecule has 0 aromatic heterocycles. The van der Waals surface area contributed by atoms with Crippen LogP contribution in [0.25, 0.3) is 0 Å². The molecule has 0 amide bonds. The first-order valence-electron chi connectivity index (χ1n) is 5.17. The Morgan fingerprint density at radius 1 is 1.00 bits per heavy atom. The zero-order valence-electron chi connectivity index (χ0n) is 8.39. The number of hydrogen-bond acceptors (Lipinski definition) is 1. The summed E-state index contributed by atoms with van der Waals surface area (Å²) in [5.41, 5.74) is 0. The molecule has 0 spiro atoms. The van der Waals surface area contributed by atoms with Crippen molar-refractivity contribution in [2.75, 3.05) is 0 Å². The Hall–Kier alpha value is -0.320. The molecule has 4 unspecified atom stereocenters. The van der Waals surface area contributed by atoms with Gasteiger partial charge in [0.2, 0.25) is 0 Å². The van der Waals surface area contributed by atoms with Crippen LogP contribution in [0, 0.1) is 17.8 Å².